The van der Waals surface area contributed by atoms with Crippen LogP contribution in [0.2, 0.25) is 0 Å². The van der Waals surface area contributed by atoms with Crippen molar-refractivity contribution in [1.82, 2.24) is 14.4 Å². The number of piperidine rings is 1. The number of likely N-dealkylation sites (tertiary alicyclic amines) is 1. The number of rotatable bonds is 5. The molecule has 3 aromatic rings. The van der Waals surface area contributed by atoms with Gasteiger partial charge in [-0.15, -0.1) is 0 Å². The van der Waals surface area contributed by atoms with Gasteiger partial charge in [-0.3, -0.25) is 14.4 Å². The van der Waals surface area contributed by atoms with Crippen molar-refractivity contribution in [2.45, 2.75) is 32.7 Å². The van der Waals surface area contributed by atoms with Crippen LogP contribution in [0.1, 0.15) is 53.0 Å². The van der Waals surface area contributed by atoms with Gasteiger partial charge in [0.2, 0.25) is 5.91 Å². The first kappa shape index (κ1) is 23.1. The molecule has 2 aliphatic rings. The maximum absolute atomic E-state index is 13.6. The minimum absolute atomic E-state index is 0.00488. The van der Waals surface area contributed by atoms with E-state index in [9.17, 15) is 14.4 Å². The van der Waals surface area contributed by atoms with Crippen LogP contribution in [0.25, 0.3) is 10.9 Å². The fourth-order valence-corrected chi connectivity index (χ4v) is 5.61. The maximum Gasteiger partial charge on any atom is 0.309 e. The Hall–Kier alpha value is -3.61. The number of ether oxygens (including phenoxy) is 1. The van der Waals surface area contributed by atoms with Crippen molar-refractivity contribution in [3.8, 4) is 0 Å². The Morgan fingerprint density at radius 2 is 1.71 bits per heavy atom. The van der Waals surface area contributed by atoms with Crippen LogP contribution < -0.4 is 0 Å². The molecule has 0 unspecified atom stereocenters. The Bertz CT molecular complexity index is 1300. The summed E-state index contributed by atoms with van der Waals surface area (Å²) in [5.74, 6) is -0.553. The van der Waals surface area contributed by atoms with Gasteiger partial charge < -0.3 is 19.1 Å². The standard InChI is InChI=1S/C28H31N3O4/c1-4-35-28(34)19-13-15-30(16-14-19)24(32)17-31-26(20-9-5-6-10-21(20)27(31)33)25-18(2)29(3)23-12-8-7-11-22(23)25/h5-12,19,26H,4,13-17H2,1-3H3/t26-/m1/s1. The Labute approximate surface area is 205 Å². The van der Waals surface area contributed by atoms with Gasteiger partial charge >= 0.3 is 5.97 Å². The number of amides is 2. The van der Waals surface area contributed by atoms with Crippen molar-refractivity contribution in [2.75, 3.05) is 26.2 Å². The lowest BCUT2D eigenvalue weighted by atomic mass is 9.95. The molecule has 0 N–H and O–H groups in total. The van der Waals surface area contributed by atoms with Crippen molar-refractivity contribution in [2.24, 2.45) is 13.0 Å². The molecule has 1 aromatic heterocycles. The fourth-order valence-electron chi connectivity index (χ4n) is 5.61. The molecule has 0 aliphatic carbocycles. The summed E-state index contributed by atoms with van der Waals surface area (Å²) in [4.78, 5) is 42.5. The Morgan fingerprint density at radius 3 is 2.46 bits per heavy atom. The average Bonchev–Trinajstić information content (AvgIpc) is 3.29. The second-order valence-corrected chi connectivity index (χ2v) is 9.41. The molecule has 1 atom stereocenters. The minimum atomic E-state index is -0.328. The molecule has 0 radical (unpaired) electrons. The first-order valence-corrected chi connectivity index (χ1v) is 12.3. The quantitative estimate of drug-likeness (QED) is 0.528. The number of aromatic nitrogens is 1. The summed E-state index contributed by atoms with van der Waals surface area (Å²) in [6, 6.07) is 15.5. The molecule has 1 saturated heterocycles. The predicted octanol–water partition coefficient (Wildman–Crippen LogP) is 3.83. The Kier molecular flexibility index (Phi) is 6.09. The second-order valence-electron chi connectivity index (χ2n) is 9.41. The highest BCUT2D eigenvalue weighted by Crippen LogP contribution is 2.43. The zero-order chi connectivity index (χ0) is 24.7. The number of carbonyl (C=O) groups excluding carboxylic acids is 3. The van der Waals surface area contributed by atoms with Gasteiger partial charge in [0.05, 0.1) is 18.6 Å². The van der Waals surface area contributed by atoms with E-state index in [4.69, 9.17) is 4.74 Å². The molecule has 2 aromatic carbocycles. The lowest BCUT2D eigenvalue weighted by Gasteiger charge is -2.33. The third-order valence-corrected chi connectivity index (χ3v) is 7.55. The van der Waals surface area contributed by atoms with Crippen molar-refractivity contribution in [1.29, 1.82) is 0 Å². The van der Waals surface area contributed by atoms with Crippen LogP contribution in [0.3, 0.4) is 0 Å². The predicted molar refractivity (Wildman–Crippen MR) is 133 cm³/mol. The number of carbonyl (C=O) groups is 3. The van der Waals surface area contributed by atoms with Crippen LogP contribution in [-0.2, 0) is 21.4 Å². The number of benzene rings is 2. The van der Waals surface area contributed by atoms with Crippen LogP contribution in [0.15, 0.2) is 48.5 Å². The molecule has 35 heavy (non-hydrogen) atoms. The van der Waals surface area contributed by atoms with Gasteiger partial charge in [0.25, 0.3) is 5.91 Å². The molecule has 182 valence electrons. The molecular formula is C28H31N3O4. The number of hydrogen-bond acceptors (Lipinski definition) is 4. The van der Waals surface area contributed by atoms with Crippen molar-refractivity contribution in [3.05, 3.63) is 70.9 Å². The number of hydrogen-bond donors (Lipinski definition) is 0. The highest BCUT2D eigenvalue weighted by molar-refractivity contribution is 6.02. The van der Waals surface area contributed by atoms with E-state index in [0.717, 1.165) is 27.7 Å². The Morgan fingerprint density at radius 1 is 1.03 bits per heavy atom. The van der Waals surface area contributed by atoms with E-state index in [0.29, 0.717) is 38.1 Å². The van der Waals surface area contributed by atoms with Gasteiger partial charge in [-0.2, -0.15) is 0 Å². The molecular weight excluding hydrogens is 442 g/mol. The summed E-state index contributed by atoms with van der Waals surface area (Å²) in [6.45, 7) is 5.23. The van der Waals surface area contributed by atoms with E-state index in [2.05, 4.69) is 23.6 Å². The number of fused-ring (bicyclic) bond motifs is 2. The van der Waals surface area contributed by atoms with E-state index in [1.54, 1.807) is 16.7 Å². The summed E-state index contributed by atoms with van der Waals surface area (Å²) in [7, 11) is 2.03. The van der Waals surface area contributed by atoms with E-state index in [-0.39, 0.29) is 36.3 Å². The van der Waals surface area contributed by atoms with E-state index >= 15 is 0 Å². The average molecular weight is 474 g/mol. The van der Waals surface area contributed by atoms with Gasteiger partial charge in [0, 0.05) is 47.9 Å². The number of esters is 1. The van der Waals surface area contributed by atoms with E-state index < -0.39 is 0 Å². The van der Waals surface area contributed by atoms with Crippen molar-refractivity contribution in [3.63, 3.8) is 0 Å². The number of nitrogens with zero attached hydrogens (tertiary/aromatic N) is 3. The molecule has 0 saturated carbocycles. The van der Waals surface area contributed by atoms with Gasteiger partial charge in [-0.25, -0.2) is 0 Å². The molecule has 0 bridgehead atoms. The number of para-hydroxylation sites is 1. The molecule has 0 spiro atoms. The van der Waals surface area contributed by atoms with Crippen molar-refractivity contribution < 1.29 is 19.1 Å². The molecule has 2 amide bonds. The van der Waals surface area contributed by atoms with Gasteiger partial charge in [-0.1, -0.05) is 36.4 Å². The highest BCUT2D eigenvalue weighted by Gasteiger charge is 2.41. The third-order valence-electron chi connectivity index (χ3n) is 7.55. The summed E-state index contributed by atoms with van der Waals surface area (Å²) in [5, 5.41) is 1.09. The van der Waals surface area contributed by atoms with Crippen LogP contribution in [0.5, 0.6) is 0 Å². The first-order valence-electron chi connectivity index (χ1n) is 12.3. The van der Waals surface area contributed by atoms with Crippen LogP contribution in [0, 0.1) is 12.8 Å². The van der Waals surface area contributed by atoms with Gasteiger partial charge in [-0.05, 0) is 44.4 Å². The van der Waals surface area contributed by atoms with Gasteiger partial charge in [0.15, 0.2) is 0 Å². The lowest BCUT2D eigenvalue weighted by molar-refractivity contribution is -0.151. The van der Waals surface area contributed by atoms with Crippen LogP contribution in [-0.4, -0.2) is 58.4 Å². The SMILES string of the molecule is CCOC(=O)C1CCN(C(=O)CN2C(=O)c3ccccc3[C@@H]2c2c(C)n(C)c3ccccc23)CC1. The van der Waals surface area contributed by atoms with Crippen molar-refractivity contribution >= 4 is 28.7 Å². The minimum Gasteiger partial charge on any atom is -0.466 e. The molecule has 7 nitrogen and oxygen atoms in total. The number of aryl methyl sites for hydroxylation is 1. The monoisotopic (exact) mass is 473 g/mol. The zero-order valence-corrected chi connectivity index (χ0v) is 20.5. The maximum atomic E-state index is 13.6. The molecule has 2 aliphatic heterocycles. The second kappa shape index (κ2) is 9.21. The Balaban J connectivity index is 1.44. The lowest BCUT2D eigenvalue weighted by Crippen LogP contribution is -2.46. The zero-order valence-electron chi connectivity index (χ0n) is 20.5. The topological polar surface area (TPSA) is 71.8 Å². The van der Waals surface area contributed by atoms with Crippen LogP contribution in [0.4, 0.5) is 0 Å². The summed E-state index contributed by atoms with van der Waals surface area (Å²) < 4.78 is 7.30. The third kappa shape index (κ3) is 3.89. The summed E-state index contributed by atoms with van der Waals surface area (Å²) in [5.41, 5.74) is 4.83. The summed E-state index contributed by atoms with van der Waals surface area (Å²) in [6.07, 6.45) is 1.18. The van der Waals surface area contributed by atoms with Gasteiger partial charge in [0.1, 0.15) is 6.54 Å². The first-order chi connectivity index (χ1) is 16.9. The van der Waals surface area contributed by atoms with E-state index in [1.165, 1.54) is 0 Å². The largest absolute Gasteiger partial charge is 0.466 e. The van der Waals surface area contributed by atoms with E-state index in [1.807, 2.05) is 43.4 Å². The smallest absolute Gasteiger partial charge is 0.309 e. The fraction of sp³-hybridized carbons (Fsp3) is 0.393. The molecule has 7 heteroatoms. The summed E-state index contributed by atoms with van der Waals surface area (Å²) >= 11 is 0. The van der Waals surface area contributed by atoms with Crippen LogP contribution >= 0.6 is 0 Å². The molecule has 5 rings (SSSR count). The molecule has 3 heterocycles. The normalized spacial score (nSPS) is 18.3. The highest BCUT2D eigenvalue weighted by atomic mass is 16.5. The molecule has 1 fully saturated rings.